The van der Waals surface area contributed by atoms with Crippen molar-refractivity contribution in [1.82, 2.24) is 4.31 Å². The van der Waals surface area contributed by atoms with E-state index < -0.39 is 16.2 Å². The number of hydrogen-bond donors (Lipinski definition) is 0. The van der Waals surface area contributed by atoms with Crippen molar-refractivity contribution < 1.29 is 17.9 Å². The molecule has 1 aliphatic rings. The Morgan fingerprint density at radius 1 is 1.47 bits per heavy atom. The van der Waals surface area contributed by atoms with Gasteiger partial charge in [-0.25, -0.2) is 13.2 Å². The molecule has 0 bridgehead atoms. The van der Waals surface area contributed by atoms with Crippen LogP contribution in [0.1, 0.15) is 25.7 Å². The van der Waals surface area contributed by atoms with Crippen molar-refractivity contribution in [3.05, 3.63) is 0 Å². The van der Waals surface area contributed by atoms with E-state index in [1.165, 1.54) is 17.5 Å². The van der Waals surface area contributed by atoms with Gasteiger partial charge in [-0.15, -0.1) is 0 Å². The number of methoxy groups -OCH3 is 1. The molecule has 0 saturated carbocycles. The molecule has 0 aromatic rings. The molecule has 1 fully saturated rings. The Balaban J connectivity index is 2.69. The van der Waals surface area contributed by atoms with Crippen molar-refractivity contribution in [2.75, 3.05) is 26.0 Å². The second-order valence-electron chi connectivity index (χ2n) is 3.97. The van der Waals surface area contributed by atoms with Crippen LogP contribution < -0.4 is 0 Å². The van der Waals surface area contributed by atoms with Gasteiger partial charge in [-0.2, -0.15) is 9.30 Å². The fraction of sp³-hybridized carbons (Fsp3) is 0.900. The van der Waals surface area contributed by atoms with Crippen molar-refractivity contribution in [3.63, 3.8) is 0 Å². The summed E-state index contributed by atoms with van der Waals surface area (Å²) in [7, 11) is -1.81. The molecule has 0 aromatic heterocycles. The standard InChI is InChI=1S/C10H18N2O4S/c1-16-7-4-8-17(14,15)12-6-3-2-5-10(12)11-9-13/h10H,2-8H2,1H3. The largest absolute Gasteiger partial charge is 0.385 e. The summed E-state index contributed by atoms with van der Waals surface area (Å²) in [5.74, 6) is 0.0334. The molecule has 1 atom stereocenters. The lowest BCUT2D eigenvalue weighted by Crippen LogP contribution is -2.43. The smallest absolute Gasteiger partial charge is 0.236 e. The molecule has 6 nitrogen and oxygen atoms in total. The van der Waals surface area contributed by atoms with Crippen LogP contribution in [0.15, 0.2) is 4.99 Å². The molecule has 0 aromatic carbocycles. The molecule has 1 heterocycles. The molecule has 98 valence electrons. The maximum absolute atomic E-state index is 12.0. The molecule has 1 rings (SSSR count). The topological polar surface area (TPSA) is 76.0 Å². The third-order valence-electron chi connectivity index (χ3n) is 2.73. The molecule has 1 aliphatic heterocycles. The molecule has 0 spiro atoms. The molecular weight excluding hydrogens is 244 g/mol. The number of isocyanates is 1. The lowest BCUT2D eigenvalue weighted by atomic mass is 10.1. The van der Waals surface area contributed by atoms with Crippen LogP contribution >= 0.6 is 0 Å². The van der Waals surface area contributed by atoms with Gasteiger partial charge >= 0.3 is 0 Å². The Morgan fingerprint density at radius 3 is 2.88 bits per heavy atom. The van der Waals surface area contributed by atoms with E-state index >= 15 is 0 Å². The number of nitrogens with zero attached hydrogens (tertiary/aromatic N) is 2. The van der Waals surface area contributed by atoms with Crippen LogP contribution in [-0.2, 0) is 19.6 Å². The second kappa shape index (κ2) is 6.86. The van der Waals surface area contributed by atoms with Crippen LogP contribution in [0.25, 0.3) is 0 Å². The summed E-state index contributed by atoms with van der Waals surface area (Å²) in [6, 6.07) is 0. The van der Waals surface area contributed by atoms with Gasteiger partial charge in [0.25, 0.3) is 0 Å². The van der Waals surface area contributed by atoms with Crippen molar-refractivity contribution in [2.24, 2.45) is 4.99 Å². The normalized spacial score (nSPS) is 22.1. The summed E-state index contributed by atoms with van der Waals surface area (Å²) >= 11 is 0. The Hall–Kier alpha value is -0.750. The lowest BCUT2D eigenvalue weighted by Gasteiger charge is -2.31. The molecule has 0 amide bonds. The van der Waals surface area contributed by atoms with E-state index in [-0.39, 0.29) is 5.75 Å². The molecule has 1 saturated heterocycles. The van der Waals surface area contributed by atoms with Gasteiger partial charge in [0, 0.05) is 20.3 Å². The number of piperidine rings is 1. The van der Waals surface area contributed by atoms with Gasteiger partial charge in [0.15, 0.2) is 0 Å². The van der Waals surface area contributed by atoms with Crippen LogP contribution in [0.2, 0.25) is 0 Å². The number of rotatable bonds is 6. The van der Waals surface area contributed by atoms with Crippen LogP contribution in [0.3, 0.4) is 0 Å². The molecule has 0 N–H and O–H groups in total. The van der Waals surface area contributed by atoms with E-state index in [9.17, 15) is 13.2 Å². The highest BCUT2D eigenvalue weighted by atomic mass is 32.2. The minimum absolute atomic E-state index is 0.0334. The summed E-state index contributed by atoms with van der Waals surface area (Å²) < 4.78 is 30.2. The molecular formula is C10H18N2O4S. The quantitative estimate of drug-likeness (QED) is 0.397. The van der Waals surface area contributed by atoms with Crippen LogP contribution in [0.4, 0.5) is 0 Å². The summed E-state index contributed by atoms with van der Waals surface area (Å²) in [5.41, 5.74) is 0. The van der Waals surface area contributed by atoms with E-state index in [1.54, 1.807) is 0 Å². The highest BCUT2D eigenvalue weighted by molar-refractivity contribution is 7.89. The van der Waals surface area contributed by atoms with Crippen molar-refractivity contribution >= 4 is 16.1 Å². The van der Waals surface area contributed by atoms with Crippen LogP contribution in [0, 0.1) is 0 Å². The van der Waals surface area contributed by atoms with E-state index in [2.05, 4.69) is 4.99 Å². The highest BCUT2D eigenvalue weighted by Gasteiger charge is 2.31. The fourth-order valence-electron chi connectivity index (χ4n) is 1.90. The van der Waals surface area contributed by atoms with E-state index in [0.29, 0.717) is 26.0 Å². The Bertz CT molecular complexity index is 376. The fourth-order valence-corrected chi connectivity index (χ4v) is 3.55. The predicted octanol–water partition coefficient (Wildman–Crippen LogP) is 0.500. The Kier molecular flexibility index (Phi) is 5.77. The average molecular weight is 262 g/mol. The predicted molar refractivity (Wildman–Crippen MR) is 62.7 cm³/mol. The average Bonchev–Trinajstić information content (AvgIpc) is 2.30. The van der Waals surface area contributed by atoms with Crippen LogP contribution in [0.5, 0.6) is 0 Å². The molecule has 0 radical (unpaired) electrons. The highest BCUT2D eigenvalue weighted by Crippen LogP contribution is 2.21. The summed E-state index contributed by atoms with van der Waals surface area (Å²) in [4.78, 5) is 13.8. The SMILES string of the molecule is COCCCS(=O)(=O)N1CCCCC1N=C=O. The lowest BCUT2D eigenvalue weighted by molar-refractivity contribution is 0.198. The number of ether oxygens (including phenoxy) is 1. The van der Waals surface area contributed by atoms with E-state index in [4.69, 9.17) is 4.74 Å². The van der Waals surface area contributed by atoms with Gasteiger partial charge in [-0.05, 0) is 25.7 Å². The maximum Gasteiger partial charge on any atom is 0.236 e. The summed E-state index contributed by atoms with van der Waals surface area (Å²) in [5, 5.41) is 0. The van der Waals surface area contributed by atoms with Crippen molar-refractivity contribution in [2.45, 2.75) is 31.8 Å². The van der Waals surface area contributed by atoms with Gasteiger partial charge < -0.3 is 4.74 Å². The zero-order valence-corrected chi connectivity index (χ0v) is 10.8. The van der Waals surface area contributed by atoms with Gasteiger partial charge in [0.1, 0.15) is 6.17 Å². The Morgan fingerprint density at radius 2 is 2.24 bits per heavy atom. The molecule has 0 aliphatic carbocycles. The van der Waals surface area contributed by atoms with Crippen molar-refractivity contribution in [3.8, 4) is 0 Å². The van der Waals surface area contributed by atoms with Crippen LogP contribution in [-0.4, -0.2) is 51.0 Å². The first-order chi connectivity index (χ1) is 8.11. The third kappa shape index (κ3) is 4.20. The zero-order valence-electron chi connectivity index (χ0n) is 9.96. The third-order valence-corrected chi connectivity index (χ3v) is 4.68. The number of sulfonamides is 1. The second-order valence-corrected chi connectivity index (χ2v) is 6.01. The first-order valence-corrected chi connectivity index (χ1v) is 7.28. The Labute approximate surface area is 102 Å². The van der Waals surface area contributed by atoms with Crippen molar-refractivity contribution in [1.29, 1.82) is 0 Å². The summed E-state index contributed by atoms with van der Waals surface area (Å²) in [6.07, 6.45) is 3.64. The minimum atomic E-state index is -3.35. The zero-order chi connectivity index (χ0) is 12.7. The number of carbonyl (C=O) groups excluding carboxylic acids is 1. The maximum atomic E-state index is 12.0. The number of hydrogen-bond acceptors (Lipinski definition) is 5. The summed E-state index contributed by atoms with van der Waals surface area (Å²) in [6.45, 7) is 0.847. The minimum Gasteiger partial charge on any atom is -0.385 e. The molecule has 17 heavy (non-hydrogen) atoms. The molecule has 1 unspecified atom stereocenters. The van der Waals surface area contributed by atoms with Gasteiger partial charge in [-0.1, -0.05) is 0 Å². The monoisotopic (exact) mass is 262 g/mol. The number of aliphatic imine (C=N–C) groups is 1. The first-order valence-electron chi connectivity index (χ1n) is 5.67. The van der Waals surface area contributed by atoms with E-state index in [1.807, 2.05) is 0 Å². The van der Waals surface area contributed by atoms with Gasteiger partial charge in [0.05, 0.1) is 5.75 Å². The van der Waals surface area contributed by atoms with Gasteiger partial charge in [0.2, 0.25) is 16.1 Å². The van der Waals surface area contributed by atoms with E-state index in [0.717, 1.165) is 12.8 Å². The first kappa shape index (κ1) is 14.3. The van der Waals surface area contributed by atoms with Gasteiger partial charge in [-0.3, -0.25) is 0 Å². The molecule has 7 heteroatoms.